The van der Waals surface area contributed by atoms with Crippen LogP contribution in [-0.4, -0.2) is 50.4 Å². The summed E-state index contributed by atoms with van der Waals surface area (Å²) in [6, 6.07) is 2.63. The number of rotatable bonds is 6. The normalized spacial score (nSPS) is 10.6. The SMILES string of the molecule is Cc1cc(O)c(CN(CC(=O)O)CC(=O)O)cc1O. The highest BCUT2D eigenvalue weighted by atomic mass is 16.4. The summed E-state index contributed by atoms with van der Waals surface area (Å²) in [5, 5.41) is 36.6. The lowest BCUT2D eigenvalue weighted by Crippen LogP contribution is -2.34. The standard InChI is InChI=1S/C12H15NO6/c1-7-2-10(15)8(3-9(7)14)4-13(5-11(16)17)6-12(18)19/h2-3,14-15H,4-6H2,1H3,(H,16,17)(H,18,19). The van der Waals surface area contributed by atoms with Crippen LogP contribution >= 0.6 is 0 Å². The monoisotopic (exact) mass is 269 g/mol. The first-order valence-electron chi connectivity index (χ1n) is 5.47. The second-order valence-corrected chi connectivity index (χ2v) is 4.20. The second-order valence-electron chi connectivity index (χ2n) is 4.20. The van der Waals surface area contributed by atoms with Crippen molar-refractivity contribution in [3.05, 3.63) is 23.3 Å². The summed E-state index contributed by atoms with van der Waals surface area (Å²) in [6.07, 6.45) is 0. The quantitative estimate of drug-likeness (QED) is 0.551. The van der Waals surface area contributed by atoms with Crippen molar-refractivity contribution in [1.29, 1.82) is 0 Å². The van der Waals surface area contributed by atoms with E-state index < -0.39 is 25.0 Å². The van der Waals surface area contributed by atoms with Gasteiger partial charge in [0.25, 0.3) is 0 Å². The number of phenolic OH excluding ortho intramolecular Hbond substituents is 2. The van der Waals surface area contributed by atoms with Crippen LogP contribution in [0, 0.1) is 6.92 Å². The largest absolute Gasteiger partial charge is 0.508 e. The Balaban J connectivity index is 2.92. The van der Waals surface area contributed by atoms with Crippen molar-refractivity contribution < 1.29 is 30.0 Å². The topological polar surface area (TPSA) is 118 Å². The van der Waals surface area contributed by atoms with Crippen molar-refractivity contribution in [3.8, 4) is 11.5 Å². The van der Waals surface area contributed by atoms with Crippen LogP contribution in [0.2, 0.25) is 0 Å². The maximum absolute atomic E-state index is 10.6. The molecule has 0 bridgehead atoms. The fraction of sp³-hybridized carbons (Fsp3) is 0.333. The molecule has 0 aliphatic rings. The molecule has 1 aromatic carbocycles. The van der Waals surface area contributed by atoms with E-state index in [9.17, 15) is 19.8 Å². The Labute approximate surface area is 109 Å². The molecular weight excluding hydrogens is 254 g/mol. The molecule has 0 saturated carbocycles. The molecule has 0 heterocycles. The Morgan fingerprint density at radius 2 is 1.58 bits per heavy atom. The van der Waals surface area contributed by atoms with Gasteiger partial charge in [0.15, 0.2) is 0 Å². The molecule has 0 spiro atoms. The molecule has 0 aliphatic carbocycles. The Kier molecular flexibility index (Phi) is 4.71. The molecule has 0 aliphatic heterocycles. The van der Waals surface area contributed by atoms with E-state index in [1.807, 2.05) is 0 Å². The van der Waals surface area contributed by atoms with Gasteiger partial charge in [-0.15, -0.1) is 0 Å². The highest BCUT2D eigenvalue weighted by Crippen LogP contribution is 2.27. The van der Waals surface area contributed by atoms with E-state index in [4.69, 9.17) is 10.2 Å². The Morgan fingerprint density at radius 3 is 2.05 bits per heavy atom. The number of carboxylic acid groups (broad SMARTS) is 2. The molecule has 0 saturated heterocycles. The van der Waals surface area contributed by atoms with Gasteiger partial charge in [-0.05, 0) is 24.6 Å². The maximum atomic E-state index is 10.6. The summed E-state index contributed by atoms with van der Waals surface area (Å²) in [6.45, 7) is 0.574. The van der Waals surface area contributed by atoms with Crippen LogP contribution in [0.1, 0.15) is 11.1 Å². The number of nitrogens with zero attached hydrogens (tertiary/aromatic N) is 1. The van der Waals surface area contributed by atoms with E-state index in [1.165, 1.54) is 12.1 Å². The van der Waals surface area contributed by atoms with E-state index in [1.54, 1.807) is 6.92 Å². The van der Waals surface area contributed by atoms with Gasteiger partial charge in [0.1, 0.15) is 11.5 Å². The third kappa shape index (κ3) is 4.47. The van der Waals surface area contributed by atoms with Crippen molar-refractivity contribution >= 4 is 11.9 Å². The van der Waals surface area contributed by atoms with Crippen LogP contribution in [0.3, 0.4) is 0 Å². The molecule has 0 amide bonds. The molecule has 7 heteroatoms. The molecular formula is C12H15NO6. The highest BCUT2D eigenvalue weighted by molar-refractivity contribution is 5.72. The van der Waals surface area contributed by atoms with Crippen LogP contribution < -0.4 is 0 Å². The molecule has 19 heavy (non-hydrogen) atoms. The van der Waals surface area contributed by atoms with Gasteiger partial charge in [-0.2, -0.15) is 0 Å². The lowest BCUT2D eigenvalue weighted by molar-refractivity contribution is -0.142. The summed E-state index contributed by atoms with van der Waals surface area (Å²) in [7, 11) is 0. The third-order valence-electron chi connectivity index (χ3n) is 2.51. The average molecular weight is 269 g/mol. The summed E-state index contributed by atoms with van der Waals surface area (Å²) in [4.78, 5) is 22.4. The number of carboxylic acids is 2. The van der Waals surface area contributed by atoms with Crippen molar-refractivity contribution in [2.45, 2.75) is 13.5 Å². The predicted molar refractivity (Wildman–Crippen MR) is 65.1 cm³/mol. The highest BCUT2D eigenvalue weighted by Gasteiger charge is 2.16. The van der Waals surface area contributed by atoms with Gasteiger partial charge in [-0.3, -0.25) is 14.5 Å². The number of carbonyl (C=O) groups is 2. The Hall–Kier alpha value is -2.28. The van der Waals surface area contributed by atoms with Crippen molar-refractivity contribution in [1.82, 2.24) is 4.90 Å². The fourth-order valence-corrected chi connectivity index (χ4v) is 1.64. The van der Waals surface area contributed by atoms with Crippen LogP contribution in [0.4, 0.5) is 0 Å². The van der Waals surface area contributed by atoms with Gasteiger partial charge in [0, 0.05) is 12.1 Å². The number of benzene rings is 1. The first-order chi connectivity index (χ1) is 8.79. The van der Waals surface area contributed by atoms with Crippen LogP contribution in [0.15, 0.2) is 12.1 Å². The molecule has 0 aromatic heterocycles. The smallest absolute Gasteiger partial charge is 0.317 e. The minimum Gasteiger partial charge on any atom is -0.508 e. The molecule has 7 nitrogen and oxygen atoms in total. The minimum absolute atomic E-state index is 0.0431. The van der Waals surface area contributed by atoms with E-state index in [0.29, 0.717) is 5.56 Å². The molecule has 104 valence electrons. The van der Waals surface area contributed by atoms with E-state index >= 15 is 0 Å². The van der Waals surface area contributed by atoms with Gasteiger partial charge in [-0.25, -0.2) is 0 Å². The number of hydrogen-bond acceptors (Lipinski definition) is 5. The maximum Gasteiger partial charge on any atom is 0.317 e. The molecule has 0 atom stereocenters. The number of aromatic hydroxyl groups is 2. The van der Waals surface area contributed by atoms with Gasteiger partial charge in [0.05, 0.1) is 13.1 Å². The average Bonchev–Trinajstić information content (AvgIpc) is 2.23. The van der Waals surface area contributed by atoms with Crippen molar-refractivity contribution in [2.24, 2.45) is 0 Å². The van der Waals surface area contributed by atoms with E-state index in [0.717, 1.165) is 4.90 Å². The zero-order valence-corrected chi connectivity index (χ0v) is 10.3. The van der Waals surface area contributed by atoms with Gasteiger partial charge in [-0.1, -0.05) is 0 Å². The Morgan fingerprint density at radius 1 is 1.05 bits per heavy atom. The fourth-order valence-electron chi connectivity index (χ4n) is 1.64. The predicted octanol–water partition coefficient (Wildman–Crippen LogP) is 0.377. The third-order valence-corrected chi connectivity index (χ3v) is 2.51. The first-order valence-corrected chi connectivity index (χ1v) is 5.47. The first kappa shape index (κ1) is 14.8. The van der Waals surface area contributed by atoms with Crippen molar-refractivity contribution in [2.75, 3.05) is 13.1 Å². The van der Waals surface area contributed by atoms with E-state index in [2.05, 4.69) is 0 Å². The summed E-state index contributed by atoms with van der Waals surface area (Å²) < 4.78 is 0. The van der Waals surface area contributed by atoms with Gasteiger partial charge in [0.2, 0.25) is 0 Å². The molecule has 4 N–H and O–H groups in total. The lowest BCUT2D eigenvalue weighted by atomic mass is 10.1. The number of aliphatic carboxylic acids is 2. The molecule has 1 aromatic rings. The summed E-state index contributed by atoms with van der Waals surface area (Å²) >= 11 is 0. The number of aryl methyl sites for hydroxylation is 1. The summed E-state index contributed by atoms with van der Waals surface area (Å²) in [5.74, 6) is -2.50. The number of hydrogen-bond donors (Lipinski definition) is 4. The van der Waals surface area contributed by atoms with Crippen LogP contribution in [-0.2, 0) is 16.1 Å². The Bertz CT molecular complexity index is 483. The minimum atomic E-state index is -1.17. The van der Waals surface area contributed by atoms with Gasteiger partial charge < -0.3 is 20.4 Å². The van der Waals surface area contributed by atoms with Gasteiger partial charge >= 0.3 is 11.9 Å². The number of phenols is 2. The molecule has 0 radical (unpaired) electrons. The second kappa shape index (κ2) is 6.05. The van der Waals surface area contributed by atoms with Crippen LogP contribution in [0.25, 0.3) is 0 Å². The lowest BCUT2D eigenvalue weighted by Gasteiger charge is -2.19. The van der Waals surface area contributed by atoms with Crippen LogP contribution in [0.5, 0.6) is 11.5 Å². The summed E-state index contributed by atoms with van der Waals surface area (Å²) in [5.41, 5.74) is 0.745. The van der Waals surface area contributed by atoms with Crippen molar-refractivity contribution in [3.63, 3.8) is 0 Å². The van der Waals surface area contributed by atoms with E-state index in [-0.39, 0.29) is 23.6 Å². The molecule has 1 rings (SSSR count). The zero-order chi connectivity index (χ0) is 14.6. The zero-order valence-electron chi connectivity index (χ0n) is 10.3. The molecule has 0 unspecified atom stereocenters. The molecule has 0 fully saturated rings.